The molecule has 0 N–H and O–H groups in total. The minimum absolute atomic E-state index is 0.0327. The summed E-state index contributed by atoms with van der Waals surface area (Å²) in [6.07, 6.45) is 0. The second-order valence-electron chi connectivity index (χ2n) is 10.1. The van der Waals surface area contributed by atoms with Gasteiger partial charge in [0, 0.05) is 52.1 Å². The number of hydrogen-bond acceptors (Lipinski definition) is 4. The molecule has 2 nitrogen and oxygen atoms in total. The van der Waals surface area contributed by atoms with Crippen LogP contribution in [0.3, 0.4) is 0 Å². The number of thioether (sulfide) groups is 1. The van der Waals surface area contributed by atoms with E-state index in [0.717, 1.165) is 21.2 Å². The normalized spacial score (nSPS) is 11.6. The molecule has 0 fully saturated rings. The average molecular weight is 543 g/mol. The first-order valence-electron chi connectivity index (χ1n) is 12.8. The topological polar surface area (TPSA) is 34.1 Å². The van der Waals surface area contributed by atoms with Crippen LogP contribution in [0.1, 0.15) is 51.3 Å². The highest BCUT2D eigenvalue weighted by atomic mass is 32.2. The molecule has 0 radical (unpaired) electrons. The second kappa shape index (κ2) is 10.3. The summed E-state index contributed by atoms with van der Waals surface area (Å²) in [5.74, 6) is 0.0683. The van der Waals surface area contributed by atoms with Gasteiger partial charge in [0.05, 0.1) is 0 Å². The highest BCUT2D eigenvalue weighted by Crippen LogP contribution is 2.44. The molecule has 190 valence electrons. The van der Waals surface area contributed by atoms with Crippen molar-refractivity contribution in [2.75, 3.05) is 0 Å². The number of thiophene rings is 1. The summed E-state index contributed by atoms with van der Waals surface area (Å²) >= 11 is 3.52. The zero-order valence-electron chi connectivity index (χ0n) is 21.7. The molecule has 0 bridgehead atoms. The smallest absolute Gasteiger partial charge is 0.193 e. The van der Waals surface area contributed by atoms with Gasteiger partial charge < -0.3 is 0 Å². The predicted octanol–water partition coefficient (Wildman–Crippen LogP) is 9.54. The van der Waals surface area contributed by atoms with Gasteiger partial charge in [0.2, 0.25) is 0 Å². The van der Waals surface area contributed by atoms with Crippen LogP contribution in [0.5, 0.6) is 0 Å². The monoisotopic (exact) mass is 542 g/mol. The number of benzene rings is 5. The van der Waals surface area contributed by atoms with Crippen molar-refractivity contribution >= 4 is 54.8 Å². The second-order valence-corrected chi connectivity index (χ2v) is 12.8. The first-order valence-corrected chi connectivity index (χ1v) is 14.5. The molecule has 0 unspecified atom stereocenters. The molecule has 0 aliphatic rings. The summed E-state index contributed by atoms with van der Waals surface area (Å²) < 4.78 is 2.11. The van der Waals surface area contributed by atoms with Crippen molar-refractivity contribution in [1.29, 1.82) is 0 Å². The van der Waals surface area contributed by atoms with E-state index in [0.29, 0.717) is 22.3 Å². The van der Waals surface area contributed by atoms with Gasteiger partial charge in [-0.3, -0.25) is 9.59 Å². The lowest BCUT2D eigenvalue weighted by Crippen LogP contribution is -2.13. The molecule has 0 atom stereocenters. The first-order chi connectivity index (χ1) is 18.9. The largest absolute Gasteiger partial charge is 0.289 e. The Labute approximate surface area is 236 Å². The molecule has 4 heteroatoms. The molecular weight excluding hydrogens is 517 g/mol. The third-order valence-electron chi connectivity index (χ3n) is 6.97. The zero-order chi connectivity index (χ0) is 27.0. The van der Waals surface area contributed by atoms with Crippen molar-refractivity contribution in [2.24, 2.45) is 0 Å². The molecular formula is C35H26O2S2. The SMILES string of the molecule is CC(C)(Sc1ccc2sc3ccc(C(=O)c4ccccc4)cc3c2c1)c1cccc(C(=O)c2ccccc2)c1. The highest BCUT2D eigenvalue weighted by molar-refractivity contribution is 8.00. The Morgan fingerprint density at radius 3 is 1.74 bits per heavy atom. The fraction of sp³-hybridized carbons (Fsp3) is 0.0857. The minimum Gasteiger partial charge on any atom is -0.289 e. The highest BCUT2D eigenvalue weighted by Gasteiger charge is 2.24. The molecule has 0 saturated heterocycles. The van der Waals surface area contributed by atoms with Crippen LogP contribution < -0.4 is 0 Å². The van der Waals surface area contributed by atoms with Crippen molar-refractivity contribution in [1.82, 2.24) is 0 Å². The fourth-order valence-electron chi connectivity index (χ4n) is 4.86. The maximum Gasteiger partial charge on any atom is 0.193 e. The lowest BCUT2D eigenvalue weighted by molar-refractivity contribution is 0.103. The lowest BCUT2D eigenvalue weighted by atomic mass is 9.96. The van der Waals surface area contributed by atoms with E-state index in [-0.39, 0.29) is 16.3 Å². The molecule has 5 aromatic carbocycles. The summed E-state index contributed by atoms with van der Waals surface area (Å²) in [6, 6.07) is 39.4. The third kappa shape index (κ3) is 5.06. The number of carbonyl (C=O) groups is 2. The number of fused-ring (bicyclic) bond motifs is 3. The molecule has 0 aliphatic heterocycles. The van der Waals surface area contributed by atoms with E-state index in [4.69, 9.17) is 0 Å². The van der Waals surface area contributed by atoms with Crippen molar-refractivity contribution in [3.05, 3.63) is 149 Å². The average Bonchev–Trinajstić information content (AvgIpc) is 3.34. The standard InChI is InChI=1S/C35H26O2S2/c1-35(2,27-15-9-14-25(20-27)33(36)23-10-5-3-6-11-23)39-28-17-19-32-30(22-28)29-21-26(16-18-31(29)38-32)34(37)24-12-7-4-8-13-24/h3-22H,1-2H3. The lowest BCUT2D eigenvalue weighted by Gasteiger charge is -2.25. The van der Waals surface area contributed by atoms with E-state index in [2.05, 4.69) is 44.2 Å². The number of ketones is 2. The van der Waals surface area contributed by atoms with Gasteiger partial charge in [-0.25, -0.2) is 0 Å². The number of hydrogen-bond donors (Lipinski definition) is 0. The van der Waals surface area contributed by atoms with Gasteiger partial charge in [-0.2, -0.15) is 0 Å². The van der Waals surface area contributed by atoms with E-state index >= 15 is 0 Å². The first kappa shape index (κ1) is 25.3. The quantitative estimate of drug-likeness (QED) is 0.149. The van der Waals surface area contributed by atoms with E-state index in [1.807, 2.05) is 91.0 Å². The molecule has 6 aromatic rings. The van der Waals surface area contributed by atoms with Crippen molar-refractivity contribution in [2.45, 2.75) is 23.5 Å². The fourth-order valence-corrected chi connectivity index (χ4v) is 7.08. The molecule has 0 amide bonds. The van der Waals surface area contributed by atoms with Gasteiger partial charge in [-0.05, 0) is 61.9 Å². The van der Waals surface area contributed by atoms with Crippen LogP contribution in [0.25, 0.3) is 20.2 Å². The van der Waals surface area contributed by atoms with Gasteiger partial charge in [-0.15, -0.1) is 23.1 Å². The molecule has 0 aliphatic carbocycles. The van der Waals surface area contributed by atoms with Gasteiger partial charge >= 0.3 is 0 Å². The Morgan fingerprint density at radius 1 is 0.564 bits per heavy atom. The Morgan fingerprint density at radius 2 is 1.10 bits per heavy atom. The van der Waals surface area contributed by atoms with E-state index in [1.54, 1.807) is 23.1 Å². The van der Waals surface area contributed by atoms with Crippen molar-refractivity contribution < 1.29 is 9.59 Å². The Bertz CT molecular complexity index is 1830. The Hall–Kier alpha value is -3.99. The summed E-state index contributed by atoms with van der Waals surface area (Å²) in [6.45, 7) is 4.38. The van der Waals surface area contributed by atoms with Crippen LogP contribution in [-0.4, -0.2) is 11.6 Å². The van der Waals surface area contributed by atoms with Crippen LogP contribution in [0, 0.1) is 0 Å². The van der Waals surface area contributed by atoms with Crippen molar-refractivity contribution in [3.8, 4) is 0 Å². The number of carbonyl (C=O) groups excluding carboxylic acids is 2. The van der Waals surface area contributed by atoms with Crippen LogP contribution in [0.2, 0.25) is 0 Å². The molecule has 1 aromatic heterocycles. The molecule has 1 heterocycles. The minimum atomic E-state index is -0.263. The van der Waals surface area contributed by atoms with E-state index < -0.39 is 0 Å². The summed E-state index contributed by atoms with van der Waals surface area (Å²) in [7, 11) is 0. The molecule has 6 rings (SSSR count). The number of rotatable bonds is 7. The van der Waals surface area contributed by atoms with Crippen LogP contribution in [0.4, 0.5) is 0 Å². The summed E-state index contributed by atoms with van der Waals surface area (Å²) in [5, 5.41) is 2.26. The van der Waals surface area contributed by atoms with Crippen LogP contribution >= 0.6 is 23.1 Å². The van der Waals surface area contributed by atoms with E-state index in [1.165, 1.54) is 9.40 Å². The van der Waals surface area contributed by atoms with Gasteiger partial charge in [-0.1, -0.05) is 78.9 Å². The molecule has 0 spiro atoms. The zero-order valence-corrected chi connectivity index (χ0v) is 23.3. The molecule has 0 saturated carbocycles. The van der Waals surface area contributed by atoms with Gasteiger partial charge in [0.15, 0.2) is 11.6 Å². The van der Waals surface area contributed by atoms with Gasteiger partial charge in [0.25, 0.3) is 0 Å². The summed E-state index contributed by atoms with van der Waals surface area (Å²) in [5.41, 5.74) is 3.89. The maximum absolute atomic E-state index is 13.1. The third-order valence-corrected chi connectivity index (χ3v) is 9.36. The van der Waals surface area contributed by atoms with E-state index in [9.17, 15) is 9.59 Å². The predicted molar refractivity (Wildman–Crippen MR) is 164 cm³/mol. The van der Waals surface area contributed by atoms with Crippen LogP contribution in [-0.2, 0) is 4.75 Å². The summed E-state index contributed by atoms with van der Waals surface area (Å²) in [4.78, 5) is 27.3. The maximum atomic E-state index is 13.1. The Balaban J connectivity index is 1.32. The Kier molecular flexibility index (Phi) is 6.68. The van der Waals surface area contributed by atoms with Gasteiger partial charge in [0.1, 0.15) is 0 Å². The van der Waals surface area contributed by atoms with Crippen LogP contribution in [0.15, 0.2) is 126 Å². The molecule has 39 heavy (non-hydrogen) atoms. The van der Waals surface area contributed by atoms with Crippen molar-refractivity contribution in [3.63, 3.8) is 0 Å².